The Morgan fingerprint density at radius 2 is 2.10 bits per heavy atom. The lowest BCUT2D eigenvalue weighted by Gasteiger charge is -2.26. The molecule has 0 radical (unpaired) electrons. The summed E-state index contributed by atoms with van der Waals surface area (Å²) in [5.41, 5.74) is 2.71. The fourth-order valence-corrected chi connectivity index (χ4v) is 3.63. The zero-order valence-corrected chi connectivity index (χ0v) is 11.5. The highest BCUT2D eigenvalue weighted by Gasteiger charge is 2.60. The molecule has 3 rings (SSSR count). The van der Waals surface area contributed by atoms with Gasteiger partial charge in [-0.3, -0.25) is 4.79 Å². The largest absolute Gasteiger partial charge is 0.394 e. The first-order valence-corrected chi connectivity index (χ1v) is 7.32. The second kappa shape index (κ2) is 5.19. The van der Waals surface area contributed by atoms with Gasteiger partial charge in [0.2, 0.25) is 5.91 Å². The van der Waals surface area contributed by atoms with Crippen molar-refractivity contribution in [2.45, 2.75) is 37.1 Å². The Balaban J connectivity index is 1.76. The van der Waals surface area contributed by atoms with E-state index in [0.717, 1.165) is 25.7 Å². The molecule has 1 spiro atoms. The second-order valence-electron chi connectivity index (χ2n) is 5.99. The lowest BCUT2D eigenvalue weighted by Crippen LogP contribution is -2.42. The topological polar surface area (TPSA) is 69.6 Å². The first-order chi connectivity index (χ1) is 9.71. The Kier molecular flexibility index (Phi) is 3.52. The summed E-state index contributed by atoms with van der Waals surface area (Å²) in [5.74, 6) is -0.0423. The summed E-state index contributed by atoms with van der Waals surface area (Å²) in [4.78, 5) is 12.3. The lowest BCUT2D eigenvalue weighted by atomic mass is 9.78. The van der Waals surface area contributed by atoms with Gasteiger partial charge in [0.25, 0.3) is 0 Å². The van der Waals surface area contributed by atoms with Crippen LogP contribution in [0.15, 0.2) is 24.3 Å². The average Bonchev–Trinajstić information content (AvgIpc) is 3.20. The molecule has 0 bridgehead atoms. The van der Waals surface area contributed by atoms with Gasteiger partial charge in [-0.2, -0.15) is 0 Å². The molecule has 4 heteroatoms. The quantitative estimate of drug-likeness (QED) is 0.759. The van der Waals surface area contributed by atoms with Crippen LogP contribution in [-0.4, -0.2) is 35.4 Å². The summed E-state index contributed by atoms with van der Waals surface area (Å²) in [6, 6.07) is 7.87. The van der Waals surface area contributed by atoms with Crippen molar-refractivity contribution in [1.82, 2.24) is 5.32 Å². The van der Waals surface area contributed by atoms with Crippen LogP contribution in [0.5, 0.6) is 0 Å². The highest BCUT2D eigenvalue weighted by Crippen LogP contribution is 2.60. The summed E-state index contributed by atoms with van der Waals surface area (Å²) in [7, 11) is 0. The van der Waals surface area contributed by atoms with Gasteiger partial charge in [-0.05, 0) is 36.8 Å². The van der Waals surface area contributed by atoms with Gasteiger partial charge >= 0.3 is 0 Å². The summed E-state index contributed by atoms with van der Waals surface area (Å²) in [6.07, 6.45) is 4.18. The number of amides is 1. The highest BCUT2D eigenvalue weighted by atomic mass is 16.3. The fraction of sp³-hybridized carbons (Fsp3) is 0.562. The molecule has 1 aromatic carbocycles. The summed E-state index contributed by atoms with van der Waals surface area (Å²) >= 11 is 0. The van der Waals surface area contributed by atoms with Gasteiger partial charge in [-0.1, -0.05) is 24.3 Å². The number of aliphatic hydroxyl groups excluding tert-OH is 2. The van der Waals surface area contributed by atoms with Crippen LogP contribution in [-0.2, 0) is 16.6 Å². The van der Waals surface area contributed by atoms with E-state index in [2.05, 4.69) is 23.5 Å². The normalized spacial score (nSPS) is 27.4. The first kappa shape index (κ1) is 13.6. The molecule has 20 heavy (non-hydrogen) atoms. The van der Waals surface area contributed by atoms with Gasteiger partial charge in [0.1, 0.15) is 0 Å². The Morgan fingerprint density at radius 3 is 2.85 bits per heavy atom. The van der Waals surface area contributed by atoms with Gasteiger partial charge in [-0.15, -0.1) is 0 Å². The monoisotopic (exact) mass is 275 g/mol. The number of rotatable bonds is 4. The molecule has 3 N–H and O–H groups in total. The van der Waals surface area contributed by atoms with Crippen LogP contribution >= 0.6 is 0 Å². The Labute approximate surface area is 118 Å². The first-order valence-electron chi connectivity index (χ1n) is 7.32. The average molecular weight is 275 g/mol. The van der Waals surface area contributed by atoms with Crippen LogP contribution in [0.4, 0.5) is 0 Å². The van der Waals surface area contributed by atoms with Gasteiger partial charge in [0.05, 0.1) is 19.3 Å². The van der Waals surface area contributed by atoms with Crippen LogP contribution in [0.3, 0.4) is 0 Å². The summed E-state index contributed by atoms with van der Waals surface area (Å²) < 4.78 is 0. The molecule has 0 aromatic heterocycles. The van der Waals surface area contributed by atoms with Gasteiger partial charge in [-0.25, -0.2) is 0 Å². The molecule has 2 aliphatic rings. The molecule has 1 saturated carbocycles. The van der Waals surface area contributed by atoms with E-state index < -0.39 is 6.04 Å². The van der Waals surface area contributed by atoms with E-state index in [1.807, 2.05) is 6.07 Å². The van der Waals surface area contributed by atoms with E-state index in [-0.39, 0.29) is 30.5 Å². The number of aliphatic hydroxyl groups is 2. The van der Waals surface area contributed by atoms with Crippen molar-refractivity contribution in [3.8, 4) is 0 Å². The van der Waals surface area contributed by atoms with Gasteiger partial charge in [0.15, 0.2) is 0 Å². The van der Waals surface area contributed by atoms with E-state index in [1.54, 1.807) is 0 Å². The maximum absolute atomic E-state index is 12.3. The third-order valence-electron chi connectivity index (χ3n) is 4.80. The minimum atomic E-state index is -0.543. The number of aryl methyl sites for hydroxylation is 1. The highest BCUT2D eigenvalue weighted by molar-refractivity contribution is 5.85. The van der Waals surface area contributed by atoms with Crippen LogP contribution in [0.25, 0.3) is 0 Å². The molecular weight excluding hydrogens is 254 g/mol. The lowest BCUT2D eigenvalue weighted by molar-refractivity contribution is -0.124. The SMILES string of the molecule is O=C(NC(CO)CO)[C@@H]1C[C@@]12CCCc1ccccc12. The summed E-state index contributed by atoms with van der Waals surface area (Å²) in [6.45, 7) is -0.447. The van der Waals surface area contributed by atoms with E-state index in [1.165, 1.54) is 11.1 Å². The fourth-order valence-electron chi connectivity index (χ4n) is 3.63. The number of fused-ring (bicyclic) bond motifs is 2. The van der Waals surface area contributed by atoms with Crippen molar-refractivity contribution < 1.29 is 15.0 Å². The standard InChI is InChI=1S/C16H21NO3/c18-9-12(10-19)17-15(20)14-8-16(14)7-3-5-11-4-1-2-6-13(11)16/h1-2,4,6,12,14,18-19H,3,5,7-10H2,(H,17,20)/t14-,16+/m0/s1. The predicted molar refractivity (Wildman–Crippen MR) is 75.3 cm³/mol. The van der Waals surface area contributed by atoms with Crippen LogP contribution in [0.2, 0.25) is 0 Å². The molecule has 0 heterocycles. The minimum absolute atomic E-state index is 0.00832. The van der Waals surface area contributed by atoms with Gasteiger partial charge in [0, 0.05) is 11.3 Å². The zero-order chi connectivity index (χ0) is 14.2. The van der Waals surface area contributed by atoms with Crippen molar-refractivity contribution in [3.05, 3.63) is 35.4 Å². The predicted octanol–water partition coefficient (Wildman–Crippen LogP) is 0.750. The molecule has 1 fully saturated rings. The maximum Gasteiger partial charge on any atom is 0.224 e. The van der Waals surface area contributed by atoms with E-state index in [0.29, 0.717) is 0 Å². The number of carbonyl (C=O) groups excluding carboxylic acids is 1. The zero-order valence-electron chi connectivity index (χ0n) is 11.5. The van der Waals surface area contributed by atoms with E-state index in [4.69, 9.17) is 10.2 Å². The molecule has 0 aliphatic heterocycles. The Morgan fingerprint density at radius 1 is 1.35 bits per heavy atom. The molecule has 2 aliphatic carbocycles. The number of hydrogen-bond acceptors (Lipinski definition) is 3. The molecular formula is C16H21NO3. The second-order valence-corrected chi connectivity index (χ2v) is 5.99. The number of hydrogen-bond donors (Lipinski definition) is 3. The molecule has 2 atom stereocenters. The molecule has 0 unspecified atom stereocenters. The number of nitrogens with one attached hydrogen (secondary N) is 1. The third kappa shape index (κ3) is 2.13. The van der Waals surface area contributed by atoms with Crippen LogP contribution in [0, 0.1) is 5.92 Å². The molecule has 1 amide bonds. The molecule has 4 nitrogen and oxygen atoms in total. The van der Waals surface area contributed by atoms with E-state index >= 15 is 0 Å². The Hall–Kier alpha value is -1.39. The van der Waals surface area contributed by atoms with Crippen LogP contribution < -0.4 is 5.32 Å². The van der Waals surface area contributed by atoms with Crippen LogP contribution in [0.1, 0.15) is 30.4 Å². The van der Waals surface area contributed by atoms with Gasteiger partial charge < -0.3 is 15.5 Å². The minimum Gasteiger partial charge on any atom is -0.394 e. The van der Waals surface area contributed by atoms with Crippen molar-refractivity contribution in [1.29, 1.82) is 0 Å². The summed E-state index contributed by atoms with van der Waals surface area (Å²) in [5, 5.41) is 20.9. The van der Waals surface area contributed by atoms with Crippen molar-refractivity contribution in [2.75, 3.05) is 13.2 Å². The number of carbonyl (C=O) groups is 1. The Bertz CT molecular complexity index is 512. The smallest absolute Gasteiger partial charge is 0.224 e. The molecule has 0 saturated heterocycles. The van der Waals surface area contributed by atoms with Crippen molar-refractivity contribution in [3.63, 3.8) is 0 Å². The molecule has 108 valence electrons. The maximum atomic E-state index is 12.3. The van der Waals surface area contributed by atoms with E-state index in [9.17, 15) is 4.79 Å². The van der Waals surface area contributed by atoms with Crippen molar-refractivity contribution in [2.24, 2.45) is 5.92 Å². The van der Waals surface area contributed by atoms with Crippen molar-refractivity contribution >= 4 is 5.91 Å². The third-order valence-corrected chi connectivity index (χ3v) is 4.80. The number of benzene rings is 1. The molecule has 1 aromatic rings.